The van der Waals surface area contributed by atoms with E-state index >= 15 is 0 Å². The summed E-state index contributed by atoms with van der Waals surface area (Å²) < 4.78 is 11.3. The molecule has 0 amide bonds. The van der Waals surface area contributed by atoms with Crippen molar-refractivity contribution in [2.45, 2.75) is 31.6 Å². The molecule has 0 radical (unpaired) electrons. The van der Waals surface area contributed by atoms with Crippen molar-refractivity contribution in [3.63, 3.8) is 0 Å². The Hall–Kier alpha value is -3.41. The molecule has 6 rings (SSSR count). The molecule has 0 unspecified atom stereocenters. The predicted octanol–water partition coefficient (Wildman–Crippen LogP) is 4.24. The van der Waals surface area contributed by atoms with Gasteiger partial charge in [-0.25, -0.2) is 4.98 Å². The fourth-order valence-electron chi connectivity index (χ4n) is 4.84. The summed E-state index contributed by atoms with van der Waals surface area (Å²) in [5.74, 6) is 1.67. The van der Waals surface area contributed by atoms with Crippen LogP contribution in [0.4, 0.5) is 17.2 Å². The highest BCUT2D eigenvalue weighted by Gasteiger charge is 2.22. The minimum atomic E-state index is 0.429. The van der Waals surface area contributed by atoms with Crippen LogP contribution in [0.1, 0.15) is 36.6 Å². The highest BCUT2D eigenvalue weighted by molar-refractivity contribution is 7.14. The molecule has 10 nitrogen and oxygen atoms in total. The Bertz CT molecular complexity index is 1370. The van der Waals surface area contributed by atoms with Crippen molar-refractivity contribution < 1.29 is 9.47 Å². The first-order valence-corrected chi connectivity index (χ1v) is 13.6. The zero-order valence-electron chi connectivity index (χ0n) is 20.6. The molecule has 1 aliphatic carbocycles. The number of rotatable bonds is 8. The van der Waals surface area contributed by atoms with Crippen LogP contribution < -0.4 is 15.8 Å². The number of aromatic nitrogens is 5. The maximum atomic E-state index is 6.35. The molecule has 1 saturated carbocycles. The lowest BCUT2D eigenvalue weighted by Crippen LogP contribution is -2.38. The zero-order valence-corrected chi connectivity index (χ0v) is 21.4. The Morgan fingerprint density at radius 3 is 2.73 bits per heavy atom. The van der Waals surface area contributed by atoms with E-state index in [0.29, 0.717) is 29.6 Å². The number of morpholine rings is 1. The van der Waals surface area contributed by atoms with Crippen LogP contribution in [-0.2, 0) is 4.74 Å². The quantitative estimate of drug-likeness (QED) is 0.350. The number of hydrogen-bond acceptors (Lipinski definition) is 11. The molecule has 192 valence electrons. The van der Waals surface area contributed by atoms with Gasteiger partial charge in [0.05, 0.1) is 59.8 Å². The average molecular weight is 519 g/mol. The summed E-state index contributed by atoms with van der Waals surface area (Å²) >= 11 is 1.62. The van der Waals surface area contributed by atoms with Gasteiger partial charge < -0.3 is 20.5 Å². The number of hydrogen-bond donors (Lipinski definition) is 2. The minimum absolute atomic E-state index is 0.429. The molecule has 4 aromatic heterocycles. The van der Waals surface area contributed by atoms with E-state index < -0.39 is 0 Å². The second kappa shape index (κ2) is 10.9. The molecular weight excluding hydrogens is 488 g/mol. The first kappa shape index (κ1) is 24.0. The van der Waals surface area contributed by atoms with Gasteiger partial charge in [-0.05, 0) is 25.0 Å². The Morgan fingerprint density at radius 2 is 1.86 bits per heavy atom. The fraction of sp³-hybridized carbons (Fsp3) is 0.423. The zero-order chi connectivity index (χ0) is 25.0. The van der Waals surface area contributed by atoms with Gasteiger partial charge in [-0.2, -0.15) is 0 Å². The molecule has 0 bridgehead atoms. The lowest BCUT2D eigenvalue weighted by atomic mass is 10.1. The van der Waals surface area contributed by atoms with Crippen LogP contribution in [0.3, 0.4) is 0 Å². The number of nitrogens with zero attached hydrogens (tertiary/aromatic N) is 6. The van der Waals surface area contributed by atoms with Crippen molar-refractivity contribution in [2.24, 2.45) is 0 Å². The summed E-state index contributed by atoms with van der Waals surface area (Å²) in [4.78, 5) is 15.9. The van der Waals surface area contributed by atoms with Crippen molar-refractivity contribution in [3.8, 4) is 16.3 Å². The molecular formula is C26H30N8O2S. The van der Waals surface area contributed by atoms with E-state index in [1.54, 1.807) is 29.9 Å². The van der Waals surface area contributed by atoms with E-state index in [2.05, 4.69) is 35.4 Å². The van der Waals surface area contributed by atoms with Gasteiger partial charge in [-0.3, -0.25) is 14.9 Å². The number of nitrogens with one attached hydrogen (secondary N) is 1. The fourth-order valence-corrected chi connectivity index (χ4v) is 5.87. The number of anilines is 3. The lowest BCUT2D eigenvalue weighted by Gasteiger charge is -2.26. The van der Waals surface area contributed by atoms with Crippen LogP contribution in [0.15, 0.2) is 36.8 Å². The molecule has 1 aliphatic heterocycles. The summed E-state index contributed by atoms with van der Waals surface area (Å²) in [5, 5.41) is 14.1. The smallest absolute Gasteiger partial charge is 0.151 e. The maximum Gasteiger partial charge on any atom is 0.151 e. The van der Waals surface area contributed by atoms with Crippen LogP contribution in [0.5, 0.6) is 5.75 Å². The van der Waals surface area contributed by atoms with Gasteiger partial charge in [0.25, 0.3) is 0 Å². The molecule has 0 aromatic carbocycles. The van der Waals surface area contributed by atoms with E-state index in [4.69, 9.17) is 15.2 Å². The van der Waals surface area contributed by atoms with Crippen LogP contribution in [0.25, 0.3) is 21.6 Å². The van der Waals surface area contributed by atoms with Gasteiger partial charge in [0.2, 0.25) is 0 Å². The van der Waals surface area contributed by atoms with Crippen LogP contribution in [-0.4, -0.2) is 69.5 Å². The van der Waals surface area contributed by atoms with E-state index in [9.17, 15) is 0 Å². The maximum absolute atomic E-state index is 6.35. The topological polar surface area (TPSA) is 124 Å². The molecule has 11 heteroatoms. The molecule has 0 spiro atoms. The average Bonchev–Trinajstić information content (AvgIpc) is 3.62. The minimum Gasteiger partial charge on any atom is -0.491 e. The highest BCUT2D eigenvalue weighted by Crippen LogP contribution is 2.39. The van der Waals surface area contributed by atoms with Gasteiger partial charge in [-0.15, -0.1) is 10.2 Å². The standard InChI is InChI=1S/C26H30N8O2S/c27-24-21(26-33-32-25(37-26)17-3-1-2-4-17)13-22-23(31-24)12-19(15-29-22)30-18-11-20(16-28-14-18)36-10-7-34-5-8-35-9-6-34/h11-17,30H,1-10H2,(H2,27,31). The number of nitrogen functional groups attached to an aromatic ring is 1. The number of pyridine rings is 3. The molecule has 4 aromatic rings. The molecule has 1 saturated heterocycles. The van der Waals surface area contributed by atoms with E-state index in [1.165, 1.54) is 25.7 Å². The van der Waals surface area contributed by atoms with Crippen molar-refractivity contribution in [3.05, 3.63) is 41.8 Å². The SMILES string of the molecule is Nc1nc2cc(Nc3cncc(OCCN4CCOCC4)c3)cnc2cc1-c1nnc(C2CCCC2)s1. The Morgan fingerprint density at radius 1 is 1.03 bits per heavy atom. The number of nitrogens with two attached hydrogens (primary N) is 1. The van der Waals surface area contributed by atoms with Crippen molar-refractivity contribution in [2.75, 3.05) is 50.5 Å². The normalized spacial score (nSPS) is 16.9. The van der Waals surface area contributed by atoms with Crippen LogP contribution in [0.2, 0.25) is 0 Å². The third-order valence-corrected chi connectivity index (χ3v) is 7.97. The first-order valence-electron chi connectivity index (χ1n) is 12.8. The molecule has 3 N–H and O–H groups in total. The van der Waals surface area contributed by atoms with Crippen molar-refractivity contribution >= 4 is 39.6 Å². The summed E-state index contributed by atoms with van der Waals surface area (Å²) in [5.41, 5.74) is 10.2. The Balaban J connectivity index is 1.13. The van der Waals surface area contributed by atoms with E-state index in [1.807, 2.05) is 18.2 Å². The summed E-state index contributed by atoms with van der Waals surface area (Å²) in [6.45, 7) is 4.92. The van der Waals surface area contributed by atoms with E-state index in [0.717, 1.165) is 65.3 Å². The molecule has 5 heterocycles. The monoisotopic (exact) mass is 518 g/mol. The summed E-state index contributed by atoms with van der Waals surface area (Å²) in [7, 11) is 0. The van der Waals surface area contributed by atoms with Gasteiger partial charge in [0.1, 0.15) is 23.2 Å². The largest absolute Gasteiger partial charge is 0.491 e. The second-order valence-corrected chi connectivity index (χ2v) is 10.5. The molecule has 2 fully saturated rings. The van der Waals surface area contributed by atoms with Crippen molar-refractivity contribution in [1.82, 2.24) is 30.0 Å². The second-order valence-electron chi connectivity index (χ2n) is 9.45. The van der Waals surface area contributed by atoms with Gasteiger partial charge in [0.15, 0.2) is 5.01 Å². The highest BCUT2D eigenvalue weighted by atomic mass is 32.1. The van der Waals surface area contributed by atoms with Gasteiger partial charge >= 0.3 is 0 Å². The molecule has 2 aliphatic rings. The number of fused-ring (bicyclic) bond motifs is 1. The van der Waals surface area contributed by atoms with Crippen LogP contribution in [0, 0.1) is 0 Å². The van der Waals surface area contributed by atoms with Crippen molar-refractivity contribution in [1.29, 1.82) is 0 Å². The third kappa shape index (κ3) is 5.63. The number of ether oxygens (including phenoxy) is 2. The Labute approximate surface area is 219 Å². The Kier molecular flexibility index (Phi) is 7.07. The third-order valence-electron chi connectivity index (χ3n) is 6.85. The summed E-state index contributed by atoms with van der Waals surface area (Å²) in [6, 6.07) is 5.81. The first-order chi connectivity index (χ1) is 18.2. The molecule has 37 heavy (non-hydrogen) atoms. The van der Waals surface area contributed by atoms with Gasteiger partial charge in [0, 0.05) is 31.6 Å². The lowest BCUT2D eigenvalue weighted by molar-refractivity contribution is 0.0322. The van der Waals surface area contributed by atoms with E-state index in [-0.39, 0.29) is 0 Å². The predicted molar refractivity (Wildman–Crippen MR) is 144 cm³/mol. The summed E-state index contributed by atoms with van der Waals surface area (Å²) in [6.07, 6.45) is 10.2. The van der Waals surface area contributed by atoms with Crippen LogP contribution >= 0.6 is 11.3 Å². The molecule has 0 atom stereocenters. The van der Waals surface area contributed by atoms with Gasteiger partial charge in [-0.1, -0.05) is 24.2 Å².